The van der Waals surface area contributed by atoms with Gasteiger partial charge in [0.1, 0.15) is 5.82 Å². The number of carboxylic acid groups (broad SMARTS) is 1. The van der Waals surface area contributed by atoms with E-state index in [2.05, 4.69) is 15.0 Å². The number of carboxylic acids is 1. The van der Waals surface area contributed by atoms with Crippen molar-refractivity contribution < 1.29 is 18.8 Å². The molecule has 1 N–H and O–H groups in total. The number of rotatable bonds is 7. The van der Waals surface area contributed by atoms with Gasteiger partial charge in [0, 0.05) is 24.7 Å². The fraction of sp³-hybridized carbons (Fsp3) is 0.500. The minimum atomic E-state index is -0.784. The Bertz CT molecular complexity index is 732. The van der Waals surface area contributed by atoms with Crippen molar-refractivity contribution in [2.75, 3.05) is 26.2 Å². The molecule has 2 heterocycles. The molecule has 1 aliphatic rings. The van der Waals surface area contributed by atoms with E-state index >= 15 is 0 Å². The number of benzene rings is 1. The number of likely N-dealkylation sites (N-methyl/N-ethyl adjacent to an activating group) is 1. The number of likely N-dealkylation sites (tertiary alicyclic amines) is 1. The smallest absolute Gasteiger partial charge is 0.317 e. The van der Waals surface area contributed by atoms with E-state index < -0.39 is 5.97 Å². The van der Waals surface area contributed by atoms with Crippen molar-refractivity contribution in [3.05, 3.63) is 36.0 Å². The van der Waals surface area contributed by atoms with Crippen molar-refractivity contribution in [2.24, 2.45) is 0 Å². The van der Waals surface area contributed by atoms with E-state index in [4.69, 9.17) is 9.63 Å². The predicted molar refractivity (Wildman–Crippen MR) is 100 cm³/mol. The van der Waals surface area contributed by atoms with Gasteiger partial charge in [0.05, 0.1) is 13.1 Å². The number of aliphatic carboxylic acids is 1. The average Bonchev–Trinajstić information content (AvgIpc) is 3.09. The average molecular weight is 399 g/mol. The van der Waals surface area contributed by atoms with Gasteiger partial charge in [-0.05, 0) is 43.7 Å². The van der Waals surface area contributed by atoms with E-state index in [1.807, 2.05) is 11.8 Å². The summed E-state index contributed by atoms with van der Waals surface area (Å²) in [4.78, 5) is 19.6. The number of carbonyl (C=O) groups is 1. The Morgan fingerprint density at radius 3 is 2.59 bits per heavy atom. The lowest BCUT2D eigenvalue weighted by Crippen LogP contribution is -2.46. The molecule has 3 rings (SSSR count). The fourth-order valence-corrected chi connectivity index (χ4v) is 3.34. The fourth-order valence-electron chi connectivity index (χ4n) is 3.34. The van der Waals surface area contributed by atoms with Crippen molar-refractivity contribution in [3.63, 3.8) is 0 Å². The number of piperidine rings is 1. The second-order valence-corrected chi connectivity index (χ2v) is 6.48. The van der Waals surface area contributed by atoms with E-state index in [0.717, 1.165) is 32.5 Å². The minimum absolute atomic E-state index is 0. The van der Waals surface area contributed by atoms with Gasteiger partial charge in [0.25, 0.3) is 0 Å². The summed E-state index contributed by atoms with van der Waals surface area (Å²) < 4.78 is 18.3. The molecule has 0 atom stereocenters. The third-order valence-electron chi connectivity index (χ3n) is 4.75. The SMILES string of the molecule is CCN(CC(=O)O)C1CCN(Cc2nc(-c3ccc(F)cc3)no2)CC1.Cl. The van der Waals surface area contributed by atoms with Gasteiger partial charge in [-0.3, -0.25) is 14.6 Å². The Balaban J connectivity index is 0.00000261. The topological polar surface area (TPSA) is 82.7 Å². The lowest BCUT2D eigenvalue weighted by molar-refractivity contribution is -0.139. The Morgan fingerprint density at radius 2 is 2.00 bits per heavy atom. The van der Waals surface area contributed by atoms with Gasteiger partial charge in [-0.15, -0.1) is 12.4 Å². The van der Waals surface area contributed by atoms with E-state index in [0.29, 0.717) is 29.9 Å². The van der Waals surface area contributed by atoms with Crippen LogP contribution >= 0.6 is 12.4 Å². The Morgan fingerprint density at radius 1 is 1.33 bits per heavy atom. The van der Waals surface area contributed by atoms with Crippen LogP contribution in [0.4, 0.5) is 4.39 Å². The van der Waals surface area contributed by atoms with Gasteiger partial charge in [-0.2, -0.15) is 4.98 Å². The predicted octanol–water partition coefficient (Wildman–Crippen LogP) is 2.67. The quantitative estimate of drug-likeness (QED) is 0.767. The lowest BCUT2D eigenvalue weighted by Gasteiger charge is -2.36. The molecule has 0 aliphatic carbocycles. The maximum absolute atomic E-state index is 13.0. The highest BCUT2D eigenvalue weighted by Gasteiger charge is 2.26. The van der Waals surface area contributed by atoms with Gasteiger partial charge in [-0.25, -0.2) is 4.39 Å². The summed E-state index contributed by atoms with van der Waals surface area (Å²) in [6, 6.07) is 6.28. The maximum atomic E-state index is 13.0. The molecule has 1 saturated heterocycles. The van der Waals surface area contributed by atoms with Crippen LogP contribution in [0, 0.1) is 5.82 Å². The molecule has 148 valence electrons. The van der Waals surface area contributed by atoms with Gasteiger partial charge in [0.2, 0.25) is 11.7 Å². The van der Waals surface area contributed by atoms with Crippen molar-refractivity contribution in [3.8, 4) is 11.4 Å². The summed E-state index contributed by atoms with van der Waals surface area (Å²) in [5.41, 5.74) is 0.715. The van der Waals surface area contributed by atoms with E-state index in [1.54, 1.807) is 12.1 Å². The molecular weight excluding hydrogens is 375 g/mol. The molecule has 1 fully saturated rings. The molecule has 1 aromatic carbocycles. The molecule has 7 nitrogen and oxygen atoms in total. The molecule has 0 radical (unpaired) electrons. The van der Waals surface area contributed by atoms with Crippen LogP contribution in [0.1, 0.15) is 25.7 Å². The molecule has 1 aromatic heterocycles. The molecule has 1 aliphatic heterocycles. The number of hydrogen-bond acceptors (Lipinski definition) is 6. The largest absolute Gasteiger partial charge is 0.480 e. The Kier molecular flexibility index (Phi) is 7.70. The van der Waals surface area contributed by atoms with Gasteiger partial charge in [0.15, 0.2) is 0 Å². The summed E-state index contributed by atoms with van der Waals surface area (Å²) in [5.74, 6) is -0.105. The molecule has 9 heteroatoms. The zero-order valence-corrected chi connectivity index (χ0v) is 16.0. The van der Waals surface area contributed by atoms with Crippen LogP contribution in [-0.4, -0.2) is 63.2 Å². The third kappa shape index (κ3) is 5.72. The highest BCUT2D eigenvalue weighted by Crippen LogP contribution is 2.20. The first kappa shape index (κ1) is 21.3. The third-order valence-corrected chi connectivity index (χ3v) is 4.75. The Labute approximate surface area is 163 Å². The second kappa shape index (κ2) is 9.77. The molecule has 0 saturated carbocycles. The molecule has 0 unspecified atom stereocenters. The normalized spacial score (nSPS) is 15.7. The standard InChI is InChI=1S/C18H23FN4O3.ClH/c1-2-23(12-17(24)25)15-7-9-22(10-8-15)11-16-20-18(21-26-16)13-3-5-14(19)6-4-13;/h3-6,15H,2,7-12H2,1H3,(H,24,25);1H. The first-order valence-corrected chi connectivity index (χ1v) is 8.82. The molecule has 0 bridgehead atoms. The Hall–Kier alpha value is -2.03. The van der Waals surface area contributed by atoms with Crippen LogP contribution in [0.5, 0.6) is 0 Å². The van der Waals surface area contributed by atoms with Crippen molar-refractivity contribution in [1.82, 2.24) is 19.9 Å². The van der Waals surface area contributed by atoms with E-state index in [1.165, 1.54) is 12.1 Å². The highest BCUT2D eigenvalue weighted by molar-refractivity contribution is 5.85. The zero-order chi connectivity index (χ0) is 18.5. The van der Waals surface area contributed by atoms with E-state index in [9.17, 15) is 9.18 Å². The summed E-state index contributed by atoms with van der Waals surface area (Å²) in [7, 11) is 0. The molecular formula is C18H24ClFN4O3. The zero-order valence-electron chi connectivity index (χ0n) is 15.2. The van der Waals surface area contributed by atoms with E-state index in [-0.39, 0.29) is 24.8 Å². The van der Waals surface area contributed by atoms with Crippen molar-refractivity contribution in [1.29, 1.82) is 0 Å². The van der Waals surface area contributed by atoms with Crippen molar-refractivity contribution >= 4 is 18.4 Å². The molecule has 0 spiro atoms. The number of hydrogen-bond donors (Lipinski definition) is 1. The summed E-state index contributed by atoms with van der Waals surface area (Å²) >= 11 is 0. The van der Waals surface area contributed by atoms with Crippen LogP contribution in [0.2, 0.25) is 0 Å². The van der Waals surface area contributed by atoms with Crippen LogP contribution in [0.3, 0.4) is 0 Å². The van der Waals surface area contributed by atoms with Gasteiger partial charge < -0.3 is 9.63 Å². The molecule has 0 amide bonds. The second-order valence-electron chi connectivity index (χ2n) is 6.48. The highest BCUT2D eigenvalue weighted by atomic mass is 35.5. The van der Waals surface area contributed by atoms with Gasteiger partial charge in [-0.1, -0.05) is 12.1 Å². The van der Waals surface area contributed by atoms with Crippen LogP contribution in [0.15, 0.2) is 28.8 Å². The summed E-state index contributed by atoms with van der Waals surface area (Å²) in [6.45, 7) is 5.09. The van der Waals surface area contributed by atoms with Gasteiger partial charge >= 0.3 is 5.97 Å². The first-order chi connectivity index (χ1) is 12.5. The molecule has 27 heavy (non-hydrogen) atoms. The van der Waals surface area contributed by atoms with Crippen LogP contribution in [-0.2, 0) is 11.3 Å². The summed E-state index contributed by atoms with van der Waals surface area (Å²) in [5, 5.41) is 13.0. The summed E-state index contributed by atoms with van der Waals surface area (Å²) in [6.07, 6.45) is 1.83. The number of aromatic nitrogens is 2. The molecule has 2 aromatic rings. The number of nitrogens with zero attached hydrogens (tertiary/aromatic N) is 4. The monoisotopic (exact) mass is 398 g/mol. The first-order valence-electron chi connectivity index (χ1n) is 8.82. The van der Waals surface area contributed by atoms with Crippen LogP contribution in [0.25, 0.3) is 11.4 Å². The maximum Gasteiger partial charge on any atom is 0.317 e. The minimum Gasteiger partial charge on any atom is -0.480 e. The lowest BCUT2D eigenvalue weighted by atomic mass is 10.0. The number of halogens is 2. The van der Waals surface area contributed by atoms with Crippen molar-refractivity contribution in [2.45, 2.75) is 32.4 Å². The van der Waals surface area contributed by atoms with Crippen LogP contribution < -0.4 is 0 Å².